The molecule has 1 unspecified atom stereocenters. The first-order chi connectivity index (χ1) is 11.3. The molecular weight excluding hydrogens is 324 g/mol. The monoisotopic (exact) mass is 346 g/mol. The highest BCUT2D eigenvalue weighted by molar-refractivity contribution is 7.88. The predicted octanol–water partition coefficient (Wildman–Crippen LogP) is 2.24. The molecule has 2 rings (SSSR count). The molecule has 0 radical (unpaired) electrons. The Morgan fingerprint density at radius 2 is 1.67 bits per heavy atom. The number of likely N-dealkylation sites (N-methyl/N-ethyl adjacent to an activating group) is 1. The third kappa shape index (κ3) is 4.43. The molecule has 128 valence electrons. The number of hydrogen-bond donors (Lipinski definition) is 1. The van der Waals surface area contributed by atoms with Crippen molar-refractivity contribution in [2.45, 2.75) is 19.5 Å². The molecule has 0 aliphatic carbocycles. The highest BCUT2D eigenvalue weighted by atomic mass is 32.2. The van der Waals surface area contributed by atoms with Gasteiger partial charge in [-0.25, -0.2) is 8.42 Å². The molecule has 0 aromatic heterocycles. The van der Waals surface area contributed by atoms with Crippen LogP contribution in [0, 0.1) is 6.92 Å². The Morgan fingerprint density at radius 3 is 2.25 bits per heavy atom. The van der Waals surface area contributed by atoms with Crippen LogP contribution in [0.1, 0.15) is 22.7 Å². The summed E-state index contributed by atoms with van der Waals surface area (Å²) in [7, 11) is -2.10. The van der Waals surface area contributed by atoms with Crippen molar-refractivity contribution in [3.8, 4) is 0 Å². The van der Waals surface area contributed by atoms with Crippen LogP contribution in [0.2, 0.25) is 0 Å². The molecule has 2 aromatic carbocycles. The number of benzene rings is 2. The summed E-state index contributed by atoms with van der Waals surface area (Å²) in [5, 5.41) is 2.85. The minimum absolute atomic E-state index is 0.350. The number of aryl methyl sites for hydroxylation is 1. The molecule has 0 aliphatic rings. The van der Waals surface area contributed by atoms with Crippen molar-refractivity contribution < 1.29 is 13.2 Å². The maximum Gasteiger partial charge on any atom is 0.243 e. The molecule has 5 nitrogen and oxygen atoms in total. The molecule has 0 saturated heterocycles. The van der Waals surface area contributed by atoms with Gasteiger partial charge in [-0.1, -0.05) is 54.6 Å². The van der Waals surface area contributed by atoms with Crippen LogP contribution in [0.5, 0.6) is 0 Å². The molecular formula is C18H22N2O3S. The summed E-state index contributed by atoms with van der Waals surface area (Å²) < 4.78 is 24.9. The Morgan fingerprint density at radius 1 is 1.08 bits per heavy atom. The Hall–Kier alpha value is -2.18. The number of carbonyl (C=O) groups is 1. The Balaban J connectivity index is 2.24. The molecule has 0 fully saturated rings. The molecule has 0 spiro atoms. The highest BCUT2D eigenvalue weighted by Crippen LogP contribution is 2.22. The molecule has 24 heavy (non-hydrogen) atoms. The molecule has 0 bridgehead atoms. The molecule has 0 saturated carbocycles. The van der Waals surface area contributed by atoms with Gasteiger partial charge in [0.25, 0.3) is 0 Å². The number of rotatable bonds is 6. The van der Waals surface area contributed by atoms with Gasteiger partial charge in [0.1, 0.15) is 6.04 Å². The number of nitrogens with zero attached hydrogens (tertiary/aromatic N) is 1. The quantitative estimate of drug-likeness (QED) is 0.872. The van der Waals surface area contributed by atoms with E-state index in [4.69, 9.17) is 0 Å². The standard InChI is InChI=1S/C18H22N2O3S/c1-14-9-7-8-12-16(14)13-19-18(21)17(20(2)24(3,22)23)15-10-5-4-6-11-15/h4-12,17H,13H2,1-3H3,(H,19,21). The zero-order valence-corrected chi connectivity index (χ0v) is 14.9. The lowest BCUT2D eigenvalue weighted by atomic mass is 10.1. The first-order valence-corrected chi connectivity index (χ1v) is 9.45. The van der Waals surface area contributed by atoms with Gasteiger partial charge in [-0.15, -0.1) is 0 Å². The van der Waals surface area contributed by atoms with E-state index in [1.54, 1.807) is 24.3 Å². The van der Waals surface area contributed by atoms with Crippen LogP contribution in [0.3, 0.4) is 0 Å². The van der Waals surface area contributed by atoms with Crippen LogP contribution in [-0.2, 0) is 21.4 Å². The maximum atomic E-state index is 12.7. The van der Waals surface area contributed by atoms with E-state index in [1.807, 2.05) is 37.3 Å². The summed E-state index contributed by atoms with van der Waals surface area (Å²) >= 11 is 0. The molecule has 1 N–H and O–H groups in total. The number of carbonyl (C=O) groups excluding carboxylic acids is 1. The molecule has 2 aromatic rings. The van der Waals surface area contributed by atoms with Crippen molar-refractivity contribution in [3.63, 3.8) is 0 Å². The fraction of sp³-hybridized carbons (Fsp3) is 0.278. The summed E-state index contributed by atoms with van der Waals surface area (Å²) in [6.07, 6.45) is 1.09. The van der Waals surface area contributed by atoms with Crippen LogP contribution in [-0.4, -0.2) is 31.9 Å². The van der Waals surface area contributed by atoms with Crippen LogP contribution in [0.25, 0.3) is 0 Å². The highest BCUT2D eigenvalue weighted by Gasteiger charge is 2.30. The summed E-state index contributed by atoms with van der Waals surface area (Å²) in [5.74, 6) is -0.350. The van der Waals surface area contributed by atoms with Crippen LogP contribution < -0.4 is 5.32 Å². The first-order valence-electron chi connectivity index (χ1n) is 7.61. The van der Waals surface area contributed by atoms with Crippen LogP contribution >= 0.6 is 0 Å². The van der Waals surface area contributed by atoms with Crippen molar-refractivity contribution in [2.75, 3.05) is 13.3 Å². The summed E-state index contributed by atoms with van der Waals surface area (Å²) in [4.78, 5) is 12.7. The summed E-state index contributed by atoms with van der Waals surface area (Å²) in [6, 6.07) is 15.7. The van der Waals surface area contributed by atoms with E-state index in [0.717, 1.165) is 21.7 Å². The number of sulfonamides is 1. The molecule has 1 amide bonds. The van der Waals surface area contributed by atoms with Gasteiger partial charge in [0.15, 0.2) is 0 Å². The van der Waals surface area contributed by atoms with Crippen LogP contribution in [0.15, 0.2) is 54.6 Å². The van der Waals surface area contributed by atoms with Crippen molar-refractivity contribution in [2.24, 2.45) is 0 Å². The SMILES string of the molecule is Cc1ccccc1CNC(=O)C(c1ccccc1)N(C)S(C)(=O)=O. The van der Waals surface area contributed by atoms with Gasteiger partial charge in [-0.3, -0.25) is 4.79 Å². The molecule has 0 aliphatic heterocycles. The fourth-order valence-corrected chi connectivity index (χ4v) is 3.04. The lowest BCUT2D eigenvalue weighted by molar-refractivity contribution is -0.124. The van der Waals surface area contributed by atoms with Gasteiger partial charge < -0.3 is 5.32 Å². The lowest BCUT2D eigenvalue weighted by Crippen LogP contribution is -2.41. The van der Waals surface area contributed by atoms with Crippen molar-refractivity contribution in [3.05, 3.63) is 71.3 Å². The zero-order valence-electron chi connectivity index (χ0n) is 14.1. The van der Waals surface area contributed by atoms with Crippen molar-refractivity contribution >= 4 is 15.9 Å². The minimum Gasteiger partial charge on any atom is -0.350 e. The van der Waals surface area contributed by atoms with E-state index >= 15 is 0 Å². The van der Waals surface area contributed by atoms with Crippen molar-refractivity contribution in [1.29, 1.82) is 0 Å². The van der Waals surface area contributed by atoms with Gasteiger partial charge in [-0.2, -0.15) is 4.31 Å². The summed E-state index contributed by atoms with van der Waals surface area (Å²) in [6.45, 7) is 2.32. The molecule has 0 heterocycles. The number of amides is 1. The summed E-state index contributed by atoms with van der Waals surface area (Å²) in [5.41, 5.74) is 2.71. The molecule has 1 atom stereocenters. The average Bonchev–Trinajstić information content (AvgIpc) is 2.54. The van der Waals surface area contributed by atoms with E-state index in [0.29, 0.717) is 12.1 Å². The third-order valence-electron chi connectivity index (χ3n) is 3.96. The number of nitrogens with one attached hydrogen (secondary N) is 1. The second-order valence-electron chi connectivity index (χ2n) is 5.74. The normalized spacial score (nSPS) is 12.8. The lowest BCUT2D eigenvalue weighted by Gasteiger charge is -2.25. The minimum atomic E-state index is -3.51. The zero-order chi connectivity index (χ0) is 17.7. The van der Waals surface area contributed by atoms with E-state index in [9.17, 15) is 13.2 Å². The maximum absolute atomic E-state index is 12.7. The van der Waals surface area contributed by atoms with Crippen molar-refractivity contribution in [1.82, 2.24) is 9.62 Å². The fourth-order valence-electron chi connectivity index (χ4n) is 2.44. The largest absolute Gasteiger partial charge is 0.350 e. The van der Waals surface area contributed by atoms with Gasteiger partial charge in [0, 0.05) is 13.6 Å². The number of hydrogen-bond acceptors (Lipinski definition) is 3. The topological polar surface area (TPSA) is 66.5 Å². The second-order valence-corrected chi connectivity index (χ2v) is 7.78. The van der Waals surface area contributed by atoms with E-state index in [-0.39, 0.29) is 5.91 Å². The van der Waals surface area contributed by atoms with E-state index in [1.165, 1.54) is 7.05 Å². The Bertz CT molecular complexity index is 804. The van der Waals surface area contributed by atoms with Gasteiger partial charge in [0.05, 0.1) is 6.26 Å². The Kier molecular flexibility index (Phi) is 5.75. The third-order valence-corrected chi connectivity index (χ3v) is 5.22. The molecule has 6 heteroatoms. The van der Waals surface area contributed by atoms with Gasteiger partial charge >= 0.3 is 0 Å². The van der Waals surface area contributed by atoms with Crippen LogP contribution in [0.4, 0.5) is 0 Å². The van der Waals surface area contributed by atoms with E-state index in [2.05, 4.69) is 5.32 Å². The first kappa shape index (κ1) is 18.2. The smallest absolute Gasteiger partial charge is 0.243 e. The van der Waals surface area contributed by atoms with Gasteiger partial charge in [-0.05, 0) is 23.6 Å². The van der Waals surface area contributed by atoms with Gasteiger partial charge in [0.2, 0.25) is 15.9 Å². The average molecular weight is 346 g/mol. The van der Waals surface area contributed by atoms with E-state index < -0.39 is 16.1 Å². The second kappa shape index (κ2) is 7.59. The predicted molar refractivity (Wildman–Crippen MR) is 94.8 cm³/mol. The Labute approximate surface area is 143 Å².